The largest absolute Gasteiger partial charge is 0.485 e. The van der Waals surface area contributed by atoms with Gasteiger partial charge >= 0.3 is 0 Å². The van der Waals surface area contributed by atoms with Gasteiger partial charge in [0.1, 0.15) is 11.4 Å². The first-order valence-electron chi connectivity index (χ1n) is 9.98. The van der Waals surface area contributed by atoms with Gasteiger partial charge in [0.05, 0.1) is 5.54 Å². The van der Waals surface area contributed by atoms with Crippen LogP contribution in [0.4, 0.5) is 0 Å². The van der Waals surface area contributed by atoms with Gasteiger partial charge in [-0.1, -0.05) is 77.0 Å². The molecule has 25 heavy (non-hydrogen) atoms. The van der Waals surface area contributed by atoms with E-state index in [1.807, 2.05) is 30.3 Å². The van der Waals surface area contributed by atoms with Crippen LogP contribution in [0.1, 0.15) is 91.9 Å². The Bertz CT molecular complexity index is 429. The molecule has 3 heteroatoms. The lowest BCUT2D eigenvalue weighted by Crippen LogP contribution is -2.59. The zero-order valence-corrected chi connectivity index (χ0v) is 17.7. The fourth-order valence-electron chi connectivity index (χ4n) is 3.47. The lowest BCUT2D eigenvalue weighted by molar-refractivity contribution is -0.00924. The minimum atomic E-state index is -0.362. The number of unbranched alkanes of at least 4 members (excludes halogenated alkanes) is 7. The first-order chi connectivity index (χ1) is 11.4. The van der Waals surface area contributed by atoms with E-state index in [1.165, 1.54) is 51.4 Å². The van der Waals surface area contributed by atoms with Crippen molar-refractivity contribution in [3.05, 3.63) is 30.3 Å². The van der Waals surface area contributed by atoms with Crippen molar-refractivity contribution in [3.63, 3.8) is 0 Å². The normalized spacial score (nSPS) is 13.8. The zero-order chi connectivity index (χ0) is 17.9. The molecule has 0 spiro atoms. The summed E-state index contributed by atoms with van der Waals surface area (Å²) < 4.78 is 6.45. The molecule has 146 valence electrons. The molecule has 0 saturated carbocycles. The predicted octanol–water partition coefficient (Wildman–Crippen LogP) is 6.90. The van der Waals surface area contributed by atoms with Crippen LogP contribution in [0, 0.1) is 0 Å². The third kappa shape index (κ3) is 8.46. The Morgan fingerprint density at radius 1 is 0.840 bits per heavy atom. The second-order valence-corrected chi connectivity index (χ2v) is 7.71. The minimum absolute atomic E-state index is 0. The van der Waals surface area contributed by atoms with Gasteiger partial charge in [-0.3, -0.25) is 0 Å². The molecule has 0 fully saturated rings. The maximum atomic E-state index is 6.54. The van der Waals surface area contributed by atoms with Crippen molar-refractivity contribution in [1.82, 2.24) is 0 Å². The van der Waals surface area contributed by atoms with Gasteiger partial charge in [-0.25, -0.2) is 0 Å². The first kappa shape index (κ1) is 24.3. The molecule has 1 aromatic rings. The number of nitrogens with two attached hydrogens (primary N) is 1. The number of hydrogen-bond donors (Lipinski definition) is 1. The molecule has 0 amide bonds. The molecule has 1 unspecified atom stereocenters. The fraction of sp³-hybridized carbons (Fsp3) is 0.727. The van der Waals surface area contributed by atoms with Gasteiger partial charge < -0.3 is 10.5 Å². The van der Waals surface area contributed by atoms with E-state index in [0.29, 0.717) is 0 Å². The molecular weight excluding hydrogens is 330 g/mol. The molecule has 0 aliphatic rings. The van der Waals surface area contributed by atoms with Crippen molar-refractivity contribution in [2.45, 2.75) is 103 Å². The maximum Gasteiger partial charge on any atom is 0.126 e. The molecule has 0 aliphatic carbocycles. The van der Waals surface area contributed by atoms with Gasteiger partial charge in [0.15, 0.2) is 0 Å². The van der Waals surface area contributed by atoms with Gasteiger partial charge in [0.2, 0.25) is 0 Å². The number of ether oxygens (including phenoxy) is 1. The van der Waals surface area contributed by atoms with Crippen molar-refractivity contribution < 1.29 is 4.74 Å². The summed E-state index contributed by atoms with van der Waals surface area (Å²) in [5.74, 6) is 0.928. The summed E-state index contributed by atoms with van der Waals surface area (Å²) >= 11 is 0. The molecular formula is C22H40ClNO. The van der Waals surface area contributed by atoms with Gasteiger partial charge in [-0.2, -0.15) is 0 Å². The molecule has 1 rings (SSSR count). The van der Waals surface area contributed by atoms with Crippen molar-refractivity contribution in [1.29, 1.82) is 0 Å². The van der Waals surface area contributed by atoms with Crippen LogP contribution >= 0.6 is 12.4 Å². The summed E-state index contributed by atoms with van der Waals surface area (Å²) in [6.07, 6.45) is 12.6. The summed E-state index contributed by atoms with van der Waals surface area (Å²) in [5, 5.41) is 0. The molecule has 1 atom stereocenters. The molecule has 0 heterocycles. The molecule has 0 radical (unpaired) electrons. The lowest BCUT2D eigenvalue weighted by Gasteiger charge is -2.44. The van der Waals surface area contributed by atoms with E-state index >= 15 is 0 Å². The Morgan fingerprint density at radius 2 is 1.36 bits per heavy atom. The standard InChI is InChI=1S/C22H39NO.ClH/c1-5-7-8-9-10-11-12-16-19-22(6-2,21(3,4)23)24-20-17-14-13-15-18-20;/h13-15,17-18H,5-12,16,19,23H2,1-4H3;1H. The number of para-hydroxylation sites is 1. The highest BCUT2D eigenvalue weighted by Gasteiger charge is 2.42. The number of hydrogen-bond acceptors (Lipinski definition) is 2. The van der Waals surface area contributed by atoms with Crippen LogP contribution < -0.4 is 10.5 Å². The highest BCUT2D eigenvalue weighted by molar-refractivity contribution is 5.85. The highest BCUT2D eigenvalue weighted by Crippen LogP contribution is 2.35. The highest BCUT2D eigenvalue weighted by atomic mass is 35.5. The summed E-state index contributed by atoms with van der Waals surface area (Å²) in [6, 6.07) is 10.1. The van der Waals surface area contributed by atoms with Crippen molar-refractivity contribution in [2.75, 3.05) is 0 Å². The molecule has 0 aliphatic heterocycles. The Labute approximate surface area is 162 Å². The second kappa shape index (κ2) is 12.6. The number of benzene rings is 1. The van der Waals surface area contributed by atoms with Crippen molar-refractivity contribution in [2.24, 2.45) is 5.73 Å². The summed E-state index contributed by atoms with van der Waals surface area (Å²) in [4.78, 5) is 0. The fourth-order valence-corrected chi connectivity index (χ4v) is 3.47. The van der Waals surface area contributed by atoms with Gasteiger partial charge in [0, 0.05) is 0 Å². The van der Waals surface area contributed by atoms with Crippen LogP contribution in [0.5, 0.6) is 5.75 Å². The molecule has 2 nitrogen and oxygen atoms in total. The topological polar surface area (TPSA) is 35.2 Å². The third-order valence-corrected chi connectivity index (χ3v) is 5.24. The molecule has 0 bridgehead atoms. The summed E-state index contributed by atoms with van der Waals surface area (Å²) in [6.45, 7) is 8.67. The van der Waals surface area contributed by atoms with Crippen LogP contribution in [0.25, 0.3) is 0 Å². The van der Waals surface area contributed by atoms with E-state index in [1.54, 1.807) is 0 Å². The SMILES string of the molecule is CCCCCCCCCCC(CC)(Oc1ccccc1)C(C)(C)N.Cl. The van der Waals surface area contributed by atoms with Crippen LogP contribution in [0.15, 0.2) is 30.3 Å². The van der Waals surface area contributed by atoms with E-state index in [9.17, 15) is 0 Å². The zero-order valence-electron chi connectivity index (χ0n) is 16.9. The van der Waals surface area contributed by atoms with E-state index in [2.05, 4.69) is 27.7 Å². The first-order valence-corrected chi connectivity index (χ1v) is 9.98. The lowest BCUT2D eigenvalue weighted by atomic mass is 9.77. The molecule has 2 N–H and O–H groups in total. The molecule has 1 aromatic carbocycles. The van der Waals surface area contributed by atoms with Gasteiger partial charge in [0.25, 0.3) is 0 Å². The molecule has 0 saturated heterocycles. The van der Waals surface area contributed by atoms with Crippen LogP contribution in [0.3, 0.4) is 0 Å². The quantitative estimate of drug-likeness (QED) is 0.383. The average Bonchev–Trinajstić information content (AvgIpc) is 2.56. The Balaban J connectivity index is 0.00000576. The Morgan fingerprint density at radius 3 is 1.84 bits per heavy atom. The van der Waals surface area contributed by atoms with Gasteiger partial charge in [-0.15, -0.1) is 12.4 Å². The second-order valence-electron chi connectivity index (χ2n) is 7.71. The van der Waals surface area contributed by atoms with E-state index in [-0.39, 0.29) is 23.5 Å². The van der Waals surface area contributed by atoms with Crippen LogP contribution in [-0.4, -0.2) is 11.1 Å². The Kier molecular flexibility index (Phi) is 12.2. The average molecular weight is 370 g/mol. The van der Waals surface area contributed by atoms with E-state index < -0.39 is 0 Å². The smallest absolute Gasteiger partial charge is 0.126 e. The number of halogens is 1. The van der Waals surface area contributed by atoms with Crippen molar-refractivity contribution >= 4 is 12.4 Å². The maximum absolute atomic E-state index is 6.54. The van der Waals surface area contributed by atoms with E-state index in [0.717, 1.165) is 18.6 Å². The Hall–Kier alpha value is -0.730. The summed E-state index contributed by atoms with van der Waals surface area (Å²) in [7, 11) is 0. The van der Waals surface area contributed by atoms with Crippen LogP contribution in [-0.2, 0) is 0 Å². The van der Waals surface area contributed by atoms with Crippen molar-refractivity contribution in [3.8, 4) is 5.75 Å². The third-order valence-electron chi connectivity index (χ3n) is 5.24. The monoisotopic (exact) mass is 369 g/mol. The minimum Gasteiger partial charge on any atom is -0.485 e. The van der Waals surface area contributed by atoms with Crippen LogP contribution in [0.2, 0.25) is 0 Å². The van der Waals surface area contributed by atoms with E-state index in [4.69, 9.17) is 10.5 Å². The summed E-state index contributed by atoms with van der Waals surface area (Å²) in [5.41, 5.74) is 5.89. The predicted molar refractivity (Wildman–Crippen MR) is 113 cm³/mol. The molecule has 0 aromatic heterocycles. The van der Waals surface area contributed by atoms with Gasteiger partial charge in [-0.05, 0) is 45.2 Å². The number of rotatable bonds is 13.